The molecular formula is C19H15F2N3O3S. The number of methoxy groups -OCH3 is 1. The number of ether oxygens (including phenoxy) is 2. The van der Waals surface area contributed by atoms with Gasteiger partial charge in [0.2, 0.25) is 5.91 Å². The van der Waals surface area contributed by atoms with E-state index in [-0.39, 0.29) is 17.1 Å². The molecule has 0 aliphatic carbocycles. The number of pyridine rings is 1. The predicted molar refractivity (Wildman–Crippen MR) is 103 cm³/mol. The van der Waals surface area contributed by atoms with Gasteiger partial charge in [-0.1, -0.05) is 18.2 Å². The second-order valence-corrected chi connectivity index (χ2v) is 6.19. The van der Waals surface area contributed by atoms with E-state index in [1.54, 1.807) is 23.7 Å². The molecular weight excluding hydrogens is 388 g/mol. The van der Waals surface area contributed by atoms with Gasteiger partial charge in [0.15, 0.2) is 16.6 Å². The van der Waals surface area contributed by atoms with Crippen molar-refractivity contribution in [3.8, 4) is 22.9 Å². The van der Waals surface area contributed by atoms with Crippen molar-refractivity contribution >= 4 is 28.5 Å². The summed E-state index contributed by atoms with van der Waals surface area (Å²) >= 11 is 1.25. The number of amides is 1. The lowest BCUT2D eigenvalue weighted by molar-refractivity contribution is -0.111. The van der Waals surface area contributed by atoms with Crippen LogP contribution < -0.4 is 14.8 Å². The molecule has 144 valence electrons. The van der Waals surface area contributed by atoms with Gasteiger partial charge < -0.3 is 9.47 Å². The van der Waals surface area contributed by atoms with Crippen molar-refractivity contribution in [3.05, 3.63) is 59.6 Å². The number of para-hydroxylation sites is 1. The van der Waals surface area contributed by atoms with Crippen LogP contribution in [0.5, 0.6) is 11.5 Å². The van der Waals surface area contributed by atoms with Crippen LogP contribution in [-0.4, -0.2) is 29.6 Å². The summed E-state index contributed by atoms with van der Waals surface area (Å²) in [5, 5.41) is 4.79. The van der Waals surface area contributed by atoms with Crippen molar-refractivity contribution in [1.82, 2.24) is 9.97 Å². The Bertz CT molecular complexity index is 978. The highest BCUT2D eigenvalue weighted by Crippen LogP contribution is 2.33. The van der Waals surface area contributed by atoms with Crippen LogP contribution in [0.2, 0.25) is 0 Å². The fourth-order valence-electron chi connectivity index (χ4n) is 2.32. The van der Waals surface area contributed by atoms with E-state index in [0.717, 1.165) is 0 Å². The van der Waals surface area contributed by atoms with E-state index in [1.807, 2.05) is 12.1 Å². The molecule has 0 aliphatic heterocycles. The molecule has 28 heavy (non-hydrogen) atoms. The third-order valence-corrected chi connectivity index (χ3v) is 4.27. The number of carbonyl (C=O) groups excluding carboxylic acids is 1. The Morgan fingerprint density at radius 1 is 1.21 bits per heavy atom. The summed E-state index contributed by atoms with van der Waals surface area (Å²) in [5.74, 6) is -0.466. The Morgan fingerprint density at radius 2 is 2.07 bits per heavy atom. The van der Waals surface area contributed by atoms with E-state index >= 15 is 0 Å². The van der Waals surface area contributed by atoms with Gasteiger partial charge in [0.05, 0.1) is 12.8 Å². The number of alkyl halides is 2. The van der Waals surface area contributed by atoms with Crippen molar-refractivity contribution in [3.63, 3.8) is 0 Å². The van der Waals surface area contributed by atoms with E-state index in [1.165, 1.54) is 42.7 Å². The number of nitrogens with zero attached hydrogens (tertiary/aromatic N) is 2. The summed E-state index contributed by atoms with van der Waals surface area (Å²) in [6.07, 6.45) is 4.22. The second kappa shape index (κ2) is 9.05. The van der Waals surface area contributed by atoms with Gasteiger partial charge in [-0.05, 0) is 24.3 Å². The monoisotopic (exact) mass is 403 g/mol. The standard InChI is InChI=1S/C19H15F2N3O3S/c1-26-15-7-4-5-12(17(15)27-18(20)21)8-9-16(25)24-19-23-14(11-28-19)13-6-2-3-10-22-13/h2-11,18H,1H3,(H,23,24,25)/b9-8+. The zero-order valence-corrected chi connectivity index (χ0v) is 15.5. The van der Waals surface area contributed by atoms with Gasteiger partial charge in [-0.3, -0.25) is 15.1 Å². The summed E-state index contributed by atoms with van der Waals surface area (Å²) in [4.78, 5) is 20.7. The first-order chi connectivity index (χ1) is 13.6. The Hall–Kier alpha value is -3.33. The smallest absolute Gasteiger partial charge is 0.387 e. The minimum Gasteiger partial charge on any atom is -0.493 e. The number of anilines is 1. The Labute approximate surface area is 163 Å². The summed E-state index contributed by atoms with van der Waals surface area (Å²) in [7, 11) is 1.34. The van der Waals surface area contributed by atoms with Crippen LogP contribution in [0.15, 0.2) is 54.1 Å². The number of hydrogen-bond acceptors (Lipinski definition) is 6. The number of rotatable bonds is 7. The summed E-state index contributed by atoms with van der Waals surface area (Å²) < 4.78 is 34.8. The van der Waals surface area contributed by atoms with Gasteiger partial charge >= 0.3 is 6.61 Å². The minimum atomic E-state index is -3.02. The molecule has 0 aliphatic rings. The SMILES string of the molecule is COc1cccc(/C=C/C(=O)Nc2nc(-c3ccccn3)cs2)c1OC(F)F. The maximum atomic E-state index is 12.7. The third kappa shape index (κ3) is 4.89. The van der Waals surface area contributed by atoms with Gasteiger partial charge in [0.25, 0.3) is 0 Å². The molecule has 0 atom stereocenters. The first-order valence-corrected chi connectivity index (χ1v) is 8.92. The van der Waals surface area contributed by atoms with Gasteiger partial charge in [-0.2, -0.15) is 8.78 Å². The Balaban J connectivity index is 1.72. The fourth-order valence-corrected chi connectivity index (χ4v) is 3.02. The molecule has 0 spiro atoms. The molecule has 1 amide bonds. The Morgan fingerprint density at radius 3 is 2.79 bits per heavy atom. The maximum Gasteiger partial charge on any atom is 0.387 e. The van der Waals surface area contributed by atoms with Gasteiger partial charge in [-0.25, -0.2) is 4.98 Å². The van der Waals surface area contributed by atoms with E-state index < -0.39 is 12.5 Å². The van der Waals surface area contributed by atoms with E-state index in [2.05, 4.69) is 20.0 Å². The lowest BCUT2D eigenvalue weighted by Gasteiger charge is -2.12. The van der Waals surface area contributed by atoms with Crippen LogP contribution in [0.4, 0.5) is 13.9 Å². The van der Waals surface area contributed by atoms with Crippen LogP contribution in [0, 0.1) is 0 Å². The summed E-state index contributed by atoms with van der Waals surface area (Å²) in [6.45, 7) is -3.02. The molecule has 0 bridgehead atoms. The number of hydrogen-bond donors (Lipinski definition) is 1. The number of carbonyl (C=O) groups is 1. The molecule has 0 fully saturated rings. The molecule has 2 aromatic heterocycles. The molecule has 1 N–H and O–H groups in total. The Kier molecular flexibility index (Phi) is 6.28. The molecule has 0 radical (unpaired) electrons. The minimum absolute atomic E-state index is 0.141. The van der Waals surface area contributed by atoms with Crippen LogP contribution in [0.1, 0.15) is 5.56 Å². The maximum absolute atomic E-state index is 12.7. The molecule has 1 aromatic carbocycles. The normalized spacial score (nSPS) is 11.0. The highest BCUT2D eigenvalue weighted by atomic mass is 32.1. The summed E-state index contributed by atoms with van der Waals surface area (Å²) in [6, 6.07) is 10.1. The summed E-state index contributed by atoms with van der Waals surface area (Å²) in [5.41, 5.74) is 1.62. The van der Waals surface area contributed by atoms with Crippen LogP contribution in [-0.2, 0) is 4.79 Å². The van der Waals surface area contributed by atoms with E-state index in [9.17, 15) is 13.6 Å². The molecule has 0 unspecified atom stereocenters. The van der Waals surface area contributed by atoms with Crippen LogP contribution in [0.3, 0.4) is 0 Å². The van der Waals surface area contributed by atoms with Crippen molar-refractivity contribution in [1.29, 1.82) is 0 Å². The fraction of sp³-hybridized carbons (Fsp3) is 0.105. The average Bonchev–Trinajstić information content (AvgIpc) is 3.16. The molecule has 6 nitrogen and oxygen atoms in total. The van der Waals surface area contributed by atoms with E-state index in [4.69, 9.17) is 4.74 Å². The highest BCUT2D eigenvalue weighted by Gasteiger charge is 2.14. The van der Waals surface area contributed by atoms with Crippen molar-refractivity contribution in [2.24, 2.45) is 0 Å². The molecule has 3 rings (SSSR count). The molecule has 3 aromatic rings. The number of thiazole rings is 1. The third-order valence-electron chi connectivity index (χ3n) is 3.51. The van der Waals surface area contributed by atoms with Gasteiger partial charge in [0, 0.05) is 23.2 Å². The zero-order valence-electron chi connectivity index (χ0n) is 14.6. The van der Waals surface area contributed by atoms with Crippen LogP contribution >= 0.6 is 11.3 Å². The number of aromatic nitrogens is 2. The lowest BCUT2D eigenvalue weighted by atomic mass is 10.1. The van der Waals surface area contributed by atoms with Gasteiger partial charge in [-0.15, -0.1) is 11.3 Å². The molecule has 0 saturated carbocycles. The first-order valence-electron chi connectivity index (χ1n) is 8.04. The lowest BCUT2D eigenvalue weighted by Crippen LogP contribution is -2.08. The van der Waals surface area contributed by atoms with Crippen LogP contribution in [0.25, 0.3) is 17.5 Å². The number of halogens is 2. The van der Waals surface area contributed by atoms with Crippen molar-refractivity contribution < 1.29 is 23.0 Å². The number of benzene rings is 1. The predicted octanol–water partition coefficient (Wildman–Crippen LogP) is 4.47. The average molecular weight is 403 g/mol. The van der Waals surface area contributed by atoms with Crippen molar-refractivity contribution in [2.45, 2.75) is 6.61 Å². The number of nitrogens with one attached hydrogen (secondary N) is 1. The van der Waals surface area contributed by atoms with Gasteiger partial charge in [0.1, 0.15) is 5.69 Å². The molecule has 9 heteroatoms. The first kappa shape index (κ1) is 19.4. The topological polar surface area (TPSA) is 73.3 Å². The van der Waals surface area contributed by atoms with E-state index in [0.29, 0.717) is 16.5 Å². The van der Waals surface area contributed by atoms with Crippen molar-refractivity contribution in [2.75, 3.05) is 12.4 Å². The zero-order chi connectivity index (χ0) is 19.9. The molecule has 2 heterocycles. The largest absolute Gasteiger partial charge is 0.493 e. The second-order valence-electron chi connectivity index (χ2n) is 5.33. The highest BCUT2D eigenvalue weighted by molar-refractivity contribution is 7.14. The molecule has 0 saturated heterocycles. The quantitative estimate of drug-likeness (QED) is 0.590.